The second kappa shape index (κ2) is 4.87. The Balaban J connectivity index is 1.91. The van der Waals surface area contributed by atoms with Crippen LogP contribution in [-0.2, 0) is 9.47 Å². The van der Waals surface area contributed by atoms with Crippen LogP contribution in [0.25, 0.3) is 0 Å². The molecule has 1 aliphatic rings. The fraction of sp³-hybridized carbons (Fsp3) is 0.545. The van der Waals surface area contributed by atoms with Gasteiger partial charge in [0.05, 0.1) is 19.0 Å². The zero-order chi connectivity index (χ0) is 13.2. The molecule has 0 aromatic carbocycles. The highest BCUT2D eigenvalue weighted by atomic mass is 16.7. The molecular weight excluding hydrogens is 240 g/mol. The third kappa shape index (κ3) is 3.14. The van der Waals surface area contributed by atoms with E-state index in [9.17, 15) is 4.79 Å². The zero-order valence-electron chi connectivity index (χ0n) is 10.1. The molecule has 0 bridgehead atoms. The van der Waals surface area contributed by atoms with Gasteiger partial charge in [-0.1, -0.05) is 0 Å². The highest BCUT2D eigenvalue weighted by molar-refractivity contribution is 5.84. The van der Waals surface area contributed by atoms with E-state index in [1.807, 2.05) is 13.8 Å². The van der Waals surface area contributed by atoms with Crippen molar-refractivity contribution in [2.24, 2.45) is 0 Å². The number of carbonyl (C=O) groups is 1. The van der Waals surface area contributed by atoms with E-state index in [4.69, 9.17) is 19.3 Å². The van der Waals surface area contributed by atoms with Gasteiger partial charge in [-0.2, -0.15) is 0 Å². The van der Waals surface area contributed by atoms with Gasteiger partial charge in [-0.15, -0.1) is 0 Å². The van der Waals surface area contributed by atoms with E-state index < -0.39 is 11.8 Å². The number of ether oxygens (including phenoxy) is 3. The average Bonchev–Trinajstić information content (AvgIpc) is 2.67. The van der Waals surface area contributed by atoms with Gasteiger partial charge in [0.2, 0.25) is 5.88 Å². The van der Waals surface area contributed by atoms with Crippen LogP contribution in [0.1, 0.15) is 24.3 Å². The van der Waals surface area contributed by atoms with Crippen LogP contribution in [0.15, 0.2) is 12.4 Å². The van der Waals surface area contributed by atoms with Gasteiger partial charge in [0.1, 0.15) is 12.7 Å². The molecule has 0 saturated carbocycles. The summed E-state index contributed by atoms with van der Waals surface area (Å²) in [4.78, 5) is 18.2. The summed E-state index contributed by atoms with van der Waals surface area (Å²) in [5.74, 6) is -1.60. The number of carboxylic acid groups (broad SMARTS) is 1. The largest absolute Gasteiger partial charge is 0.476 e. The first kappa shape index (κ1) is 12.7. The van der Waals surface area contributed by atoms with Crippen LogP contribution in [0.2, 0.25) is 0 Å². The van der Waals surface area contributed by atoms with E-state index in [1.165, 1.54) is 6.20 Å². The molecular formula is C11H14N2O5. The lowest BCUT2D eigenvalue weighted by Crippen LogP contribution is -2.25. The van der Waals surface area contributed by atoms with Crippen LogP contribution < -0.4 is 4.74 Å². The van der Waals surface area contributed by atoms with Crippen LogP contribution in [-0.4, -0.2) is 46.1 Å². The van der Waals surface area contributed by atoms with E-state index in [1.54, 1.807) is 0 Å². The van der Waals surface area contributed by atoms with Gasteiger partial charge in [-0.05, 0) is 13.8 Å². The van der Waals surface area contributed by atoms with Gasteiger partial charge in [0, 0.05) is 0 Å². The predicted octanol–water partition coefficient (Wildman–Crippen LogP) is 0.705. The quantitative estimate of drug-likeness (QED) is 0.845. The van der Waals surface area contributed by atoms with Crippen molar-refractivity contribution in [1.82, 2.24) is 9.97 Å². The molecule has 1 saturated heterocycles. The fourth-order valence-electron chi connectivity index (χ4n) is 1.54. The summed E-state index contributed by atoms with van der Waals surface area (Å²) in [5, 5.41) is 8.75. The summed E-state index contributed by atoms with van der Waals surface area (Å²) < 4.78 is 16.2. The first-order chi connectivity index (χ1) is 8.46. The summed E-state index contributed by atoms with van der Waals surface area (Å²) in [6, 6.07) is 0. The molecule has 0 amide bonds. The topological polar surface area (TPSA) is 90.8 Å². The normalized spacial score (nSPS) is 21.8. The van der Waals surface area contributed by atoms with Crippen molar-refractivity contribution in [1.29, 1.82) is 0 Å². The first-order valence-corrected chi connectivity index (χ1v) is 5.46. The number of aromatic nitrogens is 2. The molecule has 98 valence electrons. The Hall–Kier alpha value is -1.73. The molecule has 1 N–H and O–H groups in total. The van der Waals surface area contributed by atoms with Gasteiger partial charge >= 0.3 is 5.97 Å². The van der Waals surface area contributed by atoms with Gasteiger partial charge < -0.3 is 19.3 Å². The Bertz CT molecular complexity index is 449. The van der Waals surface area contributed by atoms with Crippen molar-refractivity contribution in [2.75, 3.05) is 13.2 Å². The molecule has 2 rings (SSSR count). The maximum absolute atomic E-state index is 10.7. The second-order valence-corrected chi connectivity index (χ2v) is 4.31. The molecule has 0 unspecified atom stereocenters. The Morgan fingerprint density at radius 3 is 3.00 bits per heavy atom. The summed E-state index contributed by atoms with van der Waals surface area (Å²) >= 11 is 0. The summed E-state index contributed by atoms with van der Waals surface area (Å²) in [6.45, 7) is 4.30. The van der Waals surface area contributed by atoms with Gasteiger partial charge in [0.15, 0.2) is 11.5 Å². The number of nitrogens with zero attached hydrogens (tertiary/aromatic N) is 2. The standard InChI is InChI=1S/C11H14N2O5/c1-11(2)17-6-7(18-11)5-16-9-4-12-3-8(13-9)10(14)15/h3-4,7H,5-6H2,1-2H3,(H,14,15)/t7-/m0/s1. The lowest BCUT2D eigenvalue weighted by atomic mass is 10.4. The van der Waals surface area contributed by atoms with Crippen molar-refractivity contribution in [3.8, 4) is 5.88 Å². The average molecular weight is 254 g/mol. The minimum absolute atomic E-state index is 0.156. The summed E-state index contributed by atoms with van der Waals surface area (Å²) in [6.07, 6.45) is 2.32. The fourth-order valence-corrected chi connectivity index (χ4v) is 1.54. The molecule has 1 fully saturated rings. The van der Waals surface area contributed by atoms with Crippen LogP contribution in [0.3, 0.4) is 0 Å². The van der Waals surface area contributed by atoms with Crippen LogP contribution in [0.5, 0.6) is 5.88 Å². The van der Waals surface area contributed by atoms with E-state index in [0.29, 0.717) is 6.61 Å². The van der Waals surface area contributed by atoms with Gasteiger partial charge in [-0.25, -0.2) is 9.78 Å². The Morgan fingerprint density at radius 2 is 2.39 bits per heavy atom. The number of aromatic carboxylic acids is 1. The van der Waals surface area contributed by atoms with Crippen LogP contribution in [0.4, 0.5) is 0 Å². The van der Waals surface area contributed by atoms with Gasteiger partial charge in [-0.3, -0.25) is 4.98 Å². The van der Waals surface area contributed by atoms with Crippen LogP contribution >= 0.6 is 0 Å². The molecule has 18 heavy (non-hydrogen) atoms. The lowest BCUT2D eigenvalue weighted by molar-refractivity contribution is -0.141. The minimum atomic E-state index is -1.14. The van der Waals surface area contributed by atoms with Crippen molar-refractivity contribution < 1.29 is 24.1 Å². The summed E-state index contributed by atoms with van der Waals surface area (Å²) in [7, 11) is 0. The molecule has 0 aliphatic carbocycles. The predicted molar refractivity (Wildman–Crippen MR) is 59.4 cm³/mol. The highest BCUT2D eigenvalue weighted by Gasteiger charge is 2.33. The van der Waals surface area contributed by atoms with Gasteiger partial charge in [0.25, 0.3) is 0 Å². The monoisotopic (exact) mass is 254 g/mol. The molecule has 2 heterocycles. The summed E-state index contributed by atoms with van der Waals surface area (Å²) in [5.41, 5.74) is -0.156. The van der Waals surface area contributed by atoms with E-state index in [2.05, 4.69) is 9.97 Å². The minimum Gasteiger partial charge on any atom is -0.476 e. The maximum Gasteiger partial charge on any atom is 0.356 e. The number of carboxylic acids is 1. The molecule has 1 aromatic heterocycles. The molecule has 0 radical (unpaired) electrons. The third-order valence-corrected chi connectivity index (χ3v) is 2.32. The second-order valence-electron chi connectivity index (χ2n) is 4.31. The maximum atomic E-state index is 10.7. The third-order valence-electron chi connectivity index (χ3n) is 2.32. The van der Waals surface area contributed by atoms with Crippen molar-refractivity contribution >= 4 is 5.97 Å². The molecule has 1 aromatic rings. The zero-order valence-corrected chi connectivity index (χ0v) is 10.1. The van der Waals surface area contributed by atoms with Crippen molar-refractivity contribution in [2.45, 2.75) is 25.7 Å². The Labute approximate surface area is 104 Å². The van der Waals surface area contributed by atoms with E-state index in [0.717, 1.165) is 6.20 Å². The molecule has 1 atom stereocenters. The molecule has 7 heteroatoms. The molecule has 0 spiro atoms. The lowest BCUT2D eigenvalue weighted by Gasteiger charge is -2.17. The van der Waals surface area contributed by atoms with Crippen molar-refractivity contribution in [3.05, 3.63) is 18.1 Å². The van der Waals surface area contributed by atoms with Crippen molar-refractivity contribution in [3.63, 3.8) is 0 Å². The van der Waals surface area contributed by atoms with Crippen LogP contribution in [0, 0.1) is 0 Å². The molecule has 7 nitrogen and oxygen atoms in total. The number of hydrogen-bond donors (Lipinski definition) is 1. The SMILES string of the molecule is CC1(C)OC[C@H](COc2cncc(C(=O)O)n2)O1. The highest BCUT2D eigenvalue weighted by Crippen LogP contribution is 2.22. The smallest absolute Gasteiger partial charge is 0.356 e. The first-order valence-electron chi connectivity index (χ1n) is 5.46. The Morgan fingerprint density at radius 1 is 1.61 bits per heavy atom. The number of rotatable bonds is 4. The molecule has 1 aliphatic heterocycles. The van der Waals surface area contributed by atoms with E-state index in [-0.39, 0.29) is 24.3 Å². The van der Waals surface area contributed by atoms with E-state index >= 15 is 0 Å². The Kier molecular flexibility index (Phi) is 3.44. The number of hydrogen-bond acceptors (Lipinski definition) is 6.